The van der Waals surface area contributed by atoms with Crippen LogP contribution < -0.4 is 5.56 Å². The van der Waals surface area contributed by atoms with E-state index in [2.05, 4.69) is 20.2 Å². The number of likely N-dealkylation sites (tertiary alicyclic amines) is 1. The van der Waals surface area contributed by atoms with Crippen molar-refractivity contribution in [1.29, 1.82) is 0 Å². The van der Waals surface area contributed by atoms with E-state index in [-0.39, 0.29) is 17.7 Å². The van der Waals surface area contributed by atoms with Crippen molar-refractivity contribution in [2.45, 2.75) is 31.7 Å². The molecule has 8 nitrogen and oxygen atoms in total. The van der Waals surface area contributed by atoms with Gasteiger partial charge in [0.1, 0.15) is 5.65 Å². The third kappa shape index (κ3) is 2.70. The first-order chi connectivity index (χ1) is 12.7. The monoisotopic (exact) mass is 372 g/mol. The van der Waals surface area contributed by atoms with E-state index in [1.807, 2.05) is 4.68 Å². The van der Waals surface area contributed by atoms with Crippen LogP contribution in [0.5, 0.6) is 0 Å². The average Bonchev–Trinajstić information content (AvgIpc) is 3.12. The summed E-state index contributed by atoms with van der Waals surface area (Å²) in [5, 5.41) is 8.74. The van der Waals surface area contributed by atoms with Crippen molar-refractivity contribution in [2.24, 2.45) is 0 Å². The molecule has 3 aromatic rings. The van der Waals surface area contributed by atoms with E-state index in [9.17, 15) is 4.79 Å². The number of pyridine rings is 1. The summed E-state index contributed by atoms with van der Waals surface area (Å²) in [6.45, 7) is 2.87. The standard InChI is InChI=1S/C17H17ClN6O2/c18-11-1-2-16-20-12(5-17(25)23(16)7-11)8-22-4-3-15-14(9-22)24-13(10-26-15)6-19-21-24/h1-2,5-7,14-15H,3-4,8-10H2/t14-,15-/m0/s1. The summed E-state index contributed by atoms with van der Waals surface area (Å²) < 4.78 is 9.39. The first-order valence-corrected chi connectivity index (χ1v) is 8.96. The Bertz CT molecular complexity index is 1030. The molecule has 26 heavy (non-hydrogen) atoms. The summed E-state index contributed by atoms with van der Waals surface area (Å²) in [6, 6.07) is 5.23. The zero-order valence-corrected chi connectivity index (χ0v) is 14.7. The molecule has 0 radical (unpaired) electrons. The number of aromatic nitrogens is 5. The summed E-state index contributed by atoms with van der Waals surface area (Å²) in [5.41, 5.74) is 2.24. The Morgan fingerprint density at radius 1 is 1.35 bits per heavy atom. The van der Waals surface area contributed by atoms with Crippen molar-refractivity contribution >= 4 is 17.2 Å². The van der Waals surface area contributed by atoms with E-state index in [0.717, 1.165) is 30.9 Å². The topological polar surface area (TPSA) is 77.6 Å². The molecule has 2 aliphatic heterocycles. The van der Waals surface area contributed by atoms with Crippen LogP contribution >= 0.6 is 11.6 Å². The minimum Gasteiger partial charge on any atom is -0.370 e. The maximum Gasteiger partial charge on any atom is 0.258 e. The van der Waals surface area contributed by atoms with Gasteiger partial charge in [0.15, 0.2) is 0 Å². The highest BCUT2D eigenvalue weighted by Crippen LogP contribution is 2.30. The van der Waals surface area contributed by atoms with Crippen LogP contribution in [0.2, 0.25) is 5.02 Å². The average molecular weight is 373 g/mol. The minimum absolute atomic E-state index is 0.123. The predicted octanol–water partition coefficient (Wildman–Crippen LogP) is 1.29. The van der Waals surface area contributed by atoms with Gasteiger partial charge in [0.25, 0.3) is 5.56 Å². The number of hydrogen-bond acceptors (Lipinski definition) is 6. The van der Waals surface area contributed by atoms with Crippen molar-refractivity contribution in [1.82, 2.24) is 29.3 Å². The Morgan fingerprint density at radius 2 is 2.27 bits per heavy atom. The van der Waals surface area contributed by atoms with E-state index in [4.69, 9.17) is 16.3 Å². The predicted molar refractivity (Wildman–Crippen MR) is 94.0 cm³/mol. The Balaban J connectivity index is 1.40. The smallest absolute Gasteiger partial charge is 0.258 e. The van der Waals surface area contributed by atoms with Crippen LogP contribution in [0.1, 0.15) is 23.9 Å². The highest BCUT2D eigenvalue weighted by Gasteiger charge is 2.36. The van der Waals surface area contributed by atoms with Crippen LogP contribution in [0.25, 0.3) is 5.65 Å². The molecule has 2 atom stereocenters. The van der Waals surface area contributed by atoms with Crippen LogP contribution in [0, 0.1) is 0 Å². The molecule has 9 heteroatoms. The molecule has 0 aliphatic carbocycles. The first kappa shape index (κ1) is 15.9. The van der Waals surface area contributed by atoms with E-state index in [1.165, 1.54) is 4.40 Å². The molecule has 0 amide bonds. The van der Waals surface area contributed by atoms with Gasteiger partial charge in [-0.25, -0.2) is 9.67 Å². The van der Waals surface area contributed by atoms with E-state index >= 15 is 0 Å². The van der Waals surface area contributed by atoms with Crippen molar-refractivity contribution < 1.29 is 4.74 Å². The zero-order valence-electron chi connectivity index (χ0n) is 14.0. The molecule has 0 spiro atoms. The summed E-state index contributed by atoms with van der Waals surface area (Å²) >= 11 is 5.96. The second-order valence-corrected chi connectivity index (χ2v) is 7.21. The summed E-state index contributed by atoms with van der Waals surface area (Å²) in [6.07, 6.45) is 4.43. The molecule has 134 valence electrons. The molecule has 0 saturated carbocycles. The number of ether oxygens (including phenoxy) is 1. The second kappa shape index (κ2) is 6.15. The van der Waals surface area contributed by atoms with Crippen molar-refractivity contribution in [3.8, 4) is 0 Å². The molecule has 5 rings (SSSR count). The normalized spacial score (nSPS) is 23.0. The highest BCUT2D eigenvalue weighted by atomic mass is 35.5. The number of rotatable bonds is 2. The number of halogens is 1. The largest absolute Gasteiger partial charge is 0.370 e. The van der Waals surface area contributed by atoms with Gasteiger partial charge in [-0.3, -0.25) is 14.1 Å². The number of piperidine rings is 1. The number of fused-ring (bicyclic) bond motifs is 4. The maximum atomic E-state index is 12.4. The van der Waals surface area contributed by atoms with Gasteiger partial charge in [0.2, 0.25) is 0 Å². The number of nitrogens with zero attached hydrogens (tertiary/aromatic N) is 6. The van der Waals surface area contributed by atoms with Gasteiger partial charge in [-0.15, -0.1) is 5.10 Å². The fourth-order valence-corrected chi connectivity index (χ4v) is 3.99. The molecule has 0 unspecified atom stereocenters. The van der Waals surface area contributed by atoms with Crippen LogP contribution in [0.3, 0.4) is 0 Å². The van der Waals surface area contributed by atoms with Crippen LogP contribution in [0.4, 0.5) is 0 Å². The molecule has 3 aromatic heterocycles. The fourth-order valence-electron chi connectivity index (χ4n) is 3.82. The molecule has 5 heterocycles. The molecule has 0 aromatic carbocycles. The van der Waals surface area contributed by atoms with Crippen LogP contribution in [-0.4, -0.2) is 48.5 Å². The van der Waals surface area contributed by atoms with E-state index in [0.29, 0.717) is 23.8 Å². The second-order valence-electron chi connectivity index (χ2n) is 6.77. The molecule has 0 bridgehead atoms. The summed E-state index contributed by atoms with van der Waals surface area (Å²) in [5.74, 6) is 0. The Morgan fingerprint density at radius 3 is 3.19 bits per heavy atom. The third-order valence-corrected chi connectivity index (χ3v) is 5.30. The quantitative estimate of drug-likeness (QED) is 0.674. The third-order valence-electron chi connectivity index (χ3n) is 5.07. The van der Waals surface area contributed by atoms with Gasteiger partial charge >= 0.3 is 0 Å². The molecule has 2 aliphatic rings. The SMILES string of the molecule is O=c1cc(CN2CC[C@@H]3OCc4cnnn4[C@H]3C2)nc2ccc(Cl)cn12. The van der Waals surface area contributed by atoms with Crippen molar-refractivity contribution in [2.75, 3.05) is 13.1 Å². The van der Waals surface area contributed by atoms with Gasteiger partial charge in [-0.05, 0) is 18.6 Å². The van der Waals surface area contributed by atoms with Crippen LogP contribution in [0.15, 0.2) is 35.4 Å². The van der Waals surface area contributed by atoms with Crippen molar-refractivity contribution in [3.63, 3.8) is 0 Å². The van der Waals surface area contributed by atoms with E-state index < -0.39 is 0 Å². The highest BCUT2D eigenvalue weighted by molar-refractivity contribution is 6.30. The lowest BCUT2D eigenvalue weighted by Crippen LogP contribution is -2.47. The zero-order chi connectivity index (χ0) is 17.7. The maximum absolute atomic E-state index is 12.4. The Labute approximate surface area is 154 Å². The fraction of sp³-hybridized carbons (Fsp3) is 0.412. The summed E-state index contributed by atoms with van der Waals surface area (Å²) in [4.78, 5) is 19.2. The van der Waals surface area contributed by atoms with Gasteiger partial charge in [-0.2, -0.15) is 0 Å². The number of hydrogen-bond donors (Lipinski definition) is 0. The molecule has 1 saturated heterocycles. The molecule has 1 fully saturated rings. The van der Waals surface area contributed by atoms with Gasteiger partial charge in [-0.1, -0.05) is 16.8 Å². The Kier molecular flexibility index (Phi) is 3.77. The first-order valence-electron chi connectivity index (χ1n) is 8.58. The van der Waals surface area contributed by atoms with Gasteiger partial charge < -0.3 is 4.74 Å². The van der Waals surface area contributed by atoms with Gasteiger partial charge in [0.05, 0.1) is 41.4 Å². The Hall–Kier alpha value is -2.29. The van der Waals surface area contributed by atoms with Crippen LogP contribution in [-0.2, 0) is 17.9 Å². The summed E-state index contributed by atoms with van der Waals surface area (Å²) in [7, 11) is 0. The molecular weight excluding hydrogens is 356 g/mol. The minimum atomic E-state index is -0.123. The van der Waals surface area contributed by atoms with Crippen molar-refractivity contribution in [3.05, 3.63) is 57.4 Å². The molecule has 0 N–H and O–H groups in total. The lowest BCUT2D eigenvalue weighted by Gasteiger charge is -2.40. The van der Waals surface area contributed by atoms with Gasteiger partial charge in [0, 0.05) is 31.9 Å². The molecular formula is C17H17ClN6O2. The lowest BCUT2D eigenvalue weighted by atomic mass is 10.0. The van der Waals surface area contributed by atoms with E-state index in [1.54, 1.807) is 30.6 Å². The lowest BCUT2D eigenvalue weighted by molar-refractivity contribution is -0.0671.